The summed E-state index contributed by atoms with van der Waals surface area (Å²) in [7, 11) is 0. The van der Waals surface area contributed by atoms with E-state index in [4.69, 9.17) is 0 Å². The predicted molar refractivity (Wildman–Crippen MR) is 114 cm³/mol. The summed E-state index contributed by atoms with van der Waals surface area (Å²) in [6.07, 6.45) is 4.66. The lowest BCUT2D eigenvalue weighted by Gasteiger charge is -2.18. The highest BCUT2D eigenvalue weighted by molar-refractivity contribution is 7.16. The van der Waals surface area contributed by atoms with Crippen molar-refractivity contribution in [3.8, 4) is 0 Å². The van der Waals surface area contributed by atoms with Crippen molar-refractivity contribution >= 4 is 34.1 Å². The molecular weight excluding hydrogens is 371 g/mol. The molecule has 1 aliphatic rings. The van der Waals surface area contributed by atoms with Gasteiger partial charge in [-0.25, -0.2) is 9.38 Å². The van der Waals surface area contributed by atoms with Gasteiger partial charge in [-0.15, -0.1) is 11.3 Å². The number of anilines is 1. The topological polar surface area (TPSA) is 41.5 Å². The third-order valence-corrected chi connectivity index (χ3v) is 6.12. The van der Waals surface area contributed by atoms with Gasteiger partial charge in [0.05, 0.1) is 5.56 Å². The summed E-state index contributed by atoms with van der Waals surface area (Å²) >= 11 is 1.59. The molecule has 5 heteroatoms. The van der Waals surface area contributed by atoms with Crippen LogP contribution in [0.3, 0.4) is 0 Å². The Hall–Kier alpha value is -2.79. The van der Waals surface area contributed by atoms with Crippen molar-refractivity contribution in [2.75, 3.05) is 5.32 Å². The summed E-state index contributed by atoms with van der Waals surface area (Å²) < 4.78 is 13.1. The van der Waals surface area contributed by atoms with Crippen LogP contribution in [0.1, 0.15) is 39.7 Å². The van der Waals surface area contributed by atoms with Gasteiger partial charge in [-0.2, -0.15) is 0 Å². The van der Waals surface area contributed by atoms with Gasteiger partial charge >= 0.3 is 0 Å². The van der Waals surface area contributed by atoms with Gasteiger partial charge in [-0.05, 0) is 60.6 Å². The molecule has 0 saturated heterocycles. The number of fused-ring (bicyclic) bond motifs is 1. The molecule has 3 nitrogen and oxygen atoms in total. The molecular formula is C23H21FN2OS. The van der Waals surface area contributed by atoms with Crippen LogP contribution in [0, 0.1) is 11.7 Å². The summed E-state index contributed by atoms with van der Waals surface area (Å²) in [6.45, 7) is 2.24. The van der Waals surface area contributed by atoms with E-state index in [-0.39, 0.29) is 11.7 Å². The Morgan fingerprint density at radius 3 is 2.68 bits per heavy atom. The maximum absolute atomic E-state index is 13.1. The molecule has 1 amide bonds. The van der Waals surface area contributed by atoms with Gasteiger partial charge in [0.2, 0.25) is 0 Å². The van der Waals surface area contributed by atoms with Crippen LogP contribution in [-0.2, 0) is 12.8 Å². The van der Waals surface area contributed by atoms with Crippen molar-refractivity contribution in [1.29, 1.82) is 0 Å². The van der Waals surface area contributed by atoms with Gasteiger partial charge in [0, 0.05) is 16.8 Å². The number of hydrogen-bond donors (Lipinski definition) is 1. The number of carbonyl (C=O) groups excluding carboxylic acids is 1. The maximum atomic E-state index is 13.1. The molecule has 0 unspecified atom stereocenters. The second-order valence-corrected chi connectivity index (χ2v) is 8.25. The summed E-state index contributed by atoms with van der Waals surface area (Å²) in [5.74, 6) is 0.218. The fourth-order valence-corrected chi connectivity index (χ4v) is 4.81. The lowest BCUT2D eigenvalue weighted by atomic mass is 9.88. The molecule has 1 heterocycles. The Kier molecular flexibility index (Phi) is 5.35. The molecule has 3 aromatic rings. The molecule has 28 heavy (non-hydrogen) atoms. The molecule has 0 aliphatic heterocycles. The normalized spacial score (nSPS) is 16.1. The van der Waals surface area contributed by atoms with E-state index in [0.717, 1.165) is 41.1 Å². The average molecular weight is 392 g/mol. The monoisotopic (exact) mass is 392 g/mol. The van der Waals surface area contributed by atoms with Crippen molar-refractivity contribution in [2.24, 2.45) is 10.9 Å². The second kappa shape index (κ2) is 8.07. The molecule has 0 bridgehead atoms. The van der Waals surface area contributed by atoms with E-state index in [1.807, 2.05) is 30.3 Å². The standard InChI is InChI=1S/C23H21FN2OS/c1-15-7-12-19-20(13-15)28-23(25-14-16-8-10-17(24)11-9-16)21(19)22(27)26-18-5-3-2-4-6-18/h2-6,8-11,14-15H,7,12-13H2,1H3,(H,26,27)/t15-/m0/s1. The Balaban J connectivity index is 1.68. The van der Waals surface area contributed by atoms with Crippen molar-refractivity contribution in [3.05, 3.63) is 82.0 Å². The zero-order chi connectivity index (χ0) is 19.5. The van der Waals surface area contributed by atoms with Crippen LogP contribution in [0.2, 0.25) is 0 Å². The number of carbonyl (C=O) groups is 1. The minimum atomic E-state index is -0.277. The van der Waals surface area contributed by atoms with Crippen LogP contribution in [0.15, 0.2) is 59.6 Å². The lowest BCUT2D eigenvalue weighted by molar-refractivity contribution is 0.102. The van der Waals surface area contributed by atoms with E-state index >= 15 is 0 Å². The number of aliphatic imine (C=N–C) groups is 1. The molecule has 1 aliphatic carbocycles. The average Bonchev–Trinajstić information content (AvgIpc) is 3.06. The minimum absolute atomic E-state index is 0.121. The molecule has 1 atom stereocenters. The number of halogens is 1. The van der Waals surface area contributed by atoms with Gasteiger partial charge in [0.25, 0.3) is 5.91 Å². The first kappa shape index (κ1) is 18.6. The summed E-state index contributed by atoms with van der Waals surface area (Å²) in [5.41, 5.74) is 3.37. The van der Waals surface area contributed by atoms with E-state index in [1.54, 1.807) is 29.7 Å². The summed E-state index contributed by atoms with van der Waals surface area (Å²) in [5, 5.41) is 3.72. The zero-order valence-electron chi connectivity index (χ0n) is 15.6. The number of rotatable bonds is 4. The molecule has 4 rings (SSSR count). The maximum Gasteiger partial charge on any atom is 0.259 e. The highest BCUT2D eigenvalue weighted by Crippen LogP contribution is 2.41. The first-order valence-electron chi connectivity index (χ1n) is 9.40. The molecule has 1 N–H and O–H groups in total. The Bertz CT molecular complexity index is 1010. The van der Waals surface area contributed by atoms with Gasteiger partial charge < -0.3 is 5.32 Å². The van der Waals surface area contributed by atoms with Crippen molar-refractivity contribution < 1.29 is 9.18 Å². The van der Waals surface area contributed by atoms with Crippen LogP contribution in [-0.4, -0.2) is 12.1 Å². The minimum Gasteiger partial charge on any atom is -0.322 e. The third-order valence-electron chi connectivity index (χ3n) is 4.95. The number of amides is 1. The zero-order valence-corrected chi connectivity index (χ0v) is 16.4. The van der Waals surface area contributed by atoms with Crippen LogP contribution >= 0.6 is 11.3 Å². The Morgan fingerprint density at radius 2 is 1.93 bits per heavy atom. The molecule has 0 fully saturated rings. The number of hydrogen-bond acceptors (Lipinski definition) is 3. The Morgan fingerprint density at radius 1 is 1.18 bits per heavy atom. The molecule has 2 aromatic carbocycles. The first-order valence-corrected chi connectivity index (χ1v) is 10.2. The third kappa shape index (κ3) is 4.04. The van der Waals surface area contributed by atoms with E-state index < -0.39 is 0 Å². The van der Waals surface area contributed by atoms with E-state index in [9.17, 15) is 9.18 Å². The molecule has 0 saturated carbocycles. The molecule has 0 spiro atoms. The summed E-state index contributed by atoms with van der Waals surface area (Å²) in [4.78, 5) is 18.9. The van der Waals surface area contributed by atoms with Crippen LogP contribution in [0.5, 0.6) is 0 Å². The van der Waals surface area contributed by atoms with Crippen LogP contribution in [0.25, 0.3) is 0 Å². The predicted octanol–water partition coefficient (Wildman–Crippen LogP) is 6.01. The summed E-state index contributed by atoms with van der Waals surface area (Å²) in [6, 6.07) is 15.6. The highest BCUT2D eigenvalue weighted by Gasteiger charge is 2.27. The first-order chi connectivity index (χ1) is 13.6. The van der Waals surface area contributed by atoms with Crippen molar-refractivity contribution in [1.82, 2.24) is 0 Å². The van der Waals surface area contributed by atoms with E-state index in [1.165, 1.54) is 17.0 Å². The second-order valence-electron chi connectivity index (χ2n) is 7.16. The van der Waals surface area contributed by atoms with Crippen LogP contribution < -0.4 is 5.32 Å². The number of nitrogens with zero attached hydrogens (tertiary/aromatic N) is 1. The fraction of sp³-hybridized carbons (Fsp3) is 0.217. The van der Waals surface area contributed by atoms with Gasteiger partial charge in [-0.3, -0.25) is 4.79 Å². The fourth-order valence-electron chi connectivity index (χ4n) is 3.46. The van der Waals surface area contributed by atoms with Gasteiger partial charge in [0.1, 0.15) is 10.8 Å². The number of benzene rings is 2. The number of para-hydroxylation sites is 1. The van der Waals surface area contributed by atoms with Crippen molar-refractivity contribution in [2.45, 2.75) is 26.2 Å². The van der Waals surface area contributed by atoms with Gasteiger partial charge in [-0.1, -0.05) is 37.3 Å². The highest BCUT2D eigenvalue weighted by atomic mass is 32.1. The van der Waals surface area contributed by atoms with Crippen LogP contribution in [0.4, 0.5) is 15.1 Å². The SMILES string of the molecule is C[C@H]1CCc2c(sc(N=Cc3ccc(F)cc3)c2C(=O)Nc2ccccc2)C1. The largest absolute Gasteiger partial charge is 0.322 e. The van der Waals surface area contributed by atoms with E-state index in [2.05, 4.69) is 17.2 Å². The quantitative estimate of drug-likeness (QED) is 0.542. The lowest BCUT2D eigenvalue weighted by Crippen LogP contribution is -2.16. The van der Waals surface area contributed by atoms with E-state index in [0.29, 0.717) is 11.5 Å². The van der Waals surface area contributed by atoms with Gasteiger partial charge in [0.15, 0.2) is 0 Å². The number of nitrogens with one attached hydrogen (secondary N) is 1. The number of thiophene rings is 1. The Labute approximate surface area is 168 Å². The molecule has 1 aromatic heterocycles. The molecule has 142 valence electrons. The molecule has 0 radical (unpaired) electrons. The smallest absolute Gasteiger partial charge is 0.259 e. The van der Waals surface area contributed by atoms with Crippen molar-refractivity contribution in [3.63, 3.8) is 0 Å².